The molecule has 1 aromatic carbocycles. The summed E-state index contributed by atoms with van der Waals surface area (Å²) in [5.74, 6) is 0.538. The van der Waals surface area contributed by atoms with Gasteiger partial charge in [-0.3, -0.25) is 0 Å². The molecule has 1 atom stereocenters. The van der Waals surface area contributed by atoms with Crippen molar-refractivity contribution in [2.75, 3.05) is 0 Å². The fourth-order valence-corrected chi connectivity index (χ4v) is 1.60. The van der Waals surface area contributed by atoms with Crippen LogP contribution >= 0.6 is 0 Å². The van der Waals surface area contributed by atoms with Crippen LogP contribution in [0.25, 0.3) is 0 Å². The normalized spacial score (nSPS) is 14.7. The van der Waals surface area contributed by atoms with Crippen molar-refractivity contribution in [3.8, 4) is 0 Å². The van der Waals surface area contributed by atoms with Gasteiger partial charge in [0.05, 0.1) is 12.6 Å². The third kappa shape index (κ3) is 2.25. The van der Waals surface area contributed by atoms with E-state index in [1.807, 2.05) is 30.3 Å². The van der Waals surface area contributed by atoms with E-state index >= 15 is 0 Å². The van der Waals surface area contributed by atoms with Gasteiger partial charge in [0.2, 0.25) is 0 Å². The van der Waals surface area contributed by atoms with E-state index < -0.39 is 5.60 Å². The average Bonchev–Trinajstić information content (AvgIpc) is 2.64. The number of hydrogen-bond donors (Lipinski definition) is 1. The van der Waals surface area contributed by atoms with E-state index in [1.54, 1.807) is 14.0 Å². The molecule has 84 valence electrons. The number of rotatable bonds is 3. The zero-order chi connectivity index (χ0) is 11.6. The molecule has 0 fully saturated rings. The summed E-state index contributed by atoms with van der Waals surface area (Å²) in [5.41, 5.74) is -0.118. The largest absolute Gasteiger partial charge is 0.385 e. The van der Waals surface area contributed by atoms with Crippen LogP contribution in [0.15, 0.2) is 30.3 Å². The first-order valence-electron chi connectivity index (χ1n) is 5.09. The van der Waals surface area contributed by atoms with Crippen molar-refractivity contribution in [3.63, 3.8) is 0 Å². The van der Waals surface area contributed by atoms with Crippen LogP contribution in [0.3, 0.4) is 0 Å². The summed E-state index contributed by atoms with van der Waals surface area (Å²) < 4.78 is 0. The zero-order valence-corrected chi connectivity index (χ0v) is 9.33. The molecule has 0 aliphatic rings. The summed E-state index contributed by atoms with van der Waals surface area (Å²) >= 11 is 0. The standard InChI is InChI=1S/C11H14N4O/c1-11(16,9-6-4-3-5-7-9)8-10-12-14-15(2)13-10/h3-7,16H,8H2,1-2H3. The minimum atomic E-state index is -0.968. The first kappa shape index (κ1) is 10.8. The molecule has 0 radical (unpaired) electrons. The van der Waals surface area contributed by atoms with E-state index in [1.165, 1.54) is 4.80 Å². The van der Waals surface area contributed by atoms with Crippen molar-refractivity contribution in [2.24, 2.45) is 7.05 Å². The lowest BCUT2D eigenvalue weighted by atomic mass is 9.92. The Morgan fingerprint density at radius 3 is 2.56 bits per heavy atom. The lowest BCUT2D eigenvalue weighted by Crippen LogP contribution is -2.24. The molecule has 2 rings (SSSR count). The molecule has 0 amide bonds. The quantitative estimate of drug-likeness (QED) is 0.822. The van der Waals surface area contributed by atoms with Gasteiger partial charge >= 0.3 is 0 Å². The Hall–Kier alpha value is -1.75. The Morgan fingerprint density at radius 2 is 2.00 bits per heavy atom. The van der Waals surface area contributed by atoms with Gasteiger partial charge in [-0.15, -0.1) is 10.2 Å². The molecule has 0 aliphatic carbocycles. The van der Waals surface area contributed by atoms with Crippen molar-refractivity contribution in [1.29, 1.82) is 0 Å². The van der Waals surface area contributed by atoms with Crippen LogP contribution in [-0.2, 0) is 19.1 Å². The Kier molecular flexibility index (Phi) is 2.70. The van der Waals surface area contributed by atoms with E-state index in [2.05, 4.69) is 15.4 Å². The van der Waals surface area contributed by atoms with Gasteiger partial charge in [-0.05, 0) is 17.7 Å². The average molecular weight is 218 g/mol. The van der Waals surface area contributed by atoms with E-state index in [9.17, 15) is 5.11 Å². The first-order valence-corrected chi connectivity index (χ1v) is 5.09. The molecular formula is C11H14N4O. The molecule has 1 unspecified atom stereocenters. The topological polar surface area (TPSA) is 63.8 Å². The van der Waals surface area contributed by atoms with Gasteiger partial charge in [-0.1, -0.05) is 30.3 Å². The molecule has 5 nitrogen and oxygen atoms in total. The van der Waals surface area contributed by atoms with Gasteiger partial charge < -0.3 is 5.11 Å². The van der Waals surface area contributed by atoms with Crippen molar-refractivity contribution >= 4 is 0 Å². The zero-order valence-electron chi connectivity index (χ0n) is 9.33. The Bertz CT molecular complexity index is 464. The Balaban J connectivity index is 2.20. The van der Waals surface area contributed by atoms with Crippen LogP contribution in [0.4, 0.5) is 0 Å². The van der Waals surface area contributed by atoms with Gasteiger partial charge in [0.15, 0.2) is 5.82 Å². The number of nitrogens with zero attached hydrogens (tertiary/aromatic N) is 4. The fraction of sp³-hybridized carbons (Fsp3) is 0.364. The monoisotopic (exact) mass is 218 g/mol. The van der Waals surface area contributed by atoms with E-state index in [0.717, 1.165) is 5.56 Å². The van der Waals surface area contributed by atoms with Crippen molar-refractivity contribution in [1.82, 2.24) is 20.2 Å². The van der Waals surface area contributed by atoms with Gasteiger partial charge in [-0.2, -0.15) is 4.80 Å². The Labute approximate surface area is 93.7 Å². The highest BCUT2D eigenvalue weighted by Gasteiger charge is 2.25. The van der Waals surface area contributed by atoms with Gasteiger partial charge in [0, 0.05) is 6.42 Å². The number of tetrazole rings is 1. The minimum Gasteiger partial charge on any atom is -0.385 e. The Morgan fingerprint density at radius 1 is 1.31 bits per heavy atom. The van der Waals surface area contributed by atoms with Gasteiger partial charge in [0.25, 0.3) is 0 Å². The number of aliphatic hydroxyl groups is 1. The molecular weight excluding hydrogens is 204 g/mol. The molecule has 16 heavy (non-hydrogen) atoms. The maximum absolute atomic E-state index is 10.3. The third-order valence-electron chi connectivity index (χ3n) is 2.45. The van der Waals surface area contributed by atoms with Crippen LogP contribution in [-0.4, -0.2) is 25.3 Å². The second kappa shape index (κ2) is 4.02. The molecule has 2 aromatic rings. The lowest BCUT2D eigenvalue weighted by molar-refractivity contribution is 0.0554. The molecule has 0 aliphatic heterocycles. The van der Waals surface area contributed by atoms with E-state index in [-0.39, 0.29) is 0 Å². The summed E-state index contributed by atoms with van der Waals surface area (Å²) in [4.78, 5) is 1.39. The van der Waals surface area contributed by atoms with E-state index in [0.29, 0.717) is 12.2 Å². The van der Waals surface area contributed by atoms with Crippen molar-refractivity contribution in [2.45, 2.75) is 18.9 Å². The molecule has 0 saturated heterocycles. The summed E-state index contributed by atoms with van der Waals surface area (Å²) in [6, 6.07) is 9.48. The van der Waals surface area contributed by atoms with E-state index in [4.69, 9.17) is 0 Å². The lowest BCUT2D eigenvalue weighted by Gasteiger charge is -2.21. The predicted molar refractivity (Wildman–Crippen MR) is 58.5 cm³/mol. The first-order chi connectivity index (χ1) is 7.58. The summed E-state index contributed by atoms with van der Waals surface area (Å²) in [5, 5.41) is 22.0. The third-order valence-corrected chi connectivity index (χ3v) is 2.45. The minimum absolute atomic E-state index is 0.352. The summed E-state index contributed by atoms with van der Waals surface area (Å²) in [6.07, 6.45) is 0.352. The molecule has 0 saturated carbocycles. The van der Waals surface area contributed by atoms with Gasteiger partial charge in [-0.25, -0.2) is 0 Å². The summed E-state index contributed by atoms with van der Waals surface area (Å²) in [7, 11) is 1.70. The molecule has 5 heteroatoms. The van der Waals surface area contributed by atoms with Crippen LogP contribution < -0.4 is 0 Å². The highest BCUT2D eigenvalue weighted by atomic mass is 16.3. The number of benzene rings is 1. The van der Waals surface area contributed by atoms with Crippen LogP contribution in [0.2, 0.25) is 0 Å². The molecule has 1 heterocycles. The molecule has 0 bridgehead atoms. The number of hydrogen-bond acceptors (Lipinski definition) is 4. The second-order valence-electron chi connectivity index (χ2n) is 4.01. The second-order valence-corrected chi connectivity index (χ2v) is 4.01. The van der Waals surface area contributed by atoms with Crippen LogP contribution in [0.5, 0.6) is 0 Å². The number of aromatic nitrogens is 4. The van der Waals surface area contributed by atoms with Crippen molar-refractivity contribution < 1.29 is 5.11 Å². The SMILES string of the molecule is Cn1nnc(CC(C)(O)c2ccccc2)n1. The summed E-state index contributed by atoms with van der Waals surface area (Å²) in [6.45, 7) is 1.75. The smallest absolute Gasteiger partial charge is 0.178 e. The molecule has 0 spiro atoms. The maximum Gasteiger partial charge on any atom is 0.178 e. The molecule has 1 N–H and O–H groups in total. The fourth-order valence-electron chi connectivity index (χ4n) is 1.60. The van der Waals surface area contributed by atoms with Crippen molar-refractivity contribution in [3.05, 3.63) is 41.7 Å². The van der Waals surface area contributed by atoms with Gasteiger partial charge in [0.1, 0.15) is 0 Å². The van der Waals surface area contributed by atoms with Crippen LogP contribution in [0.1, 0.15) is 18.3 Å². The predicted octanol–water partition coefficient (Wildman–Crippen LogP) is 0.660. The van der Waals surface area contributed by atoms with Crippen LogP contribution in [0, 0.1) is 0 Å². The maximum atomic E-state index is 10.3. The number of aryl methyl sites for hydroxylation is 1. The highest BCUT2D eigenvalue weighted by molar-refractivity contribution is 5.22. The highest BCUT2D eigenvalue weighted by Crippen LogP contribution is 2.23. The molecule has 1 aromatic heterocycles.